The van der Waals surface area contributed by atoms with E-state index in [1.54, 1.807) is 6.20 Å². The maximum absolute atomic E-state index is 12.9. The first kappa shape index (κ1) is 17.4. The maximum atomic E-state index is 12.9. The molecule has 1 fully saturated rings. The number of aromatic nitrogens is 5. The predicted octanol–water partition coefficient (Wildman–Crippen LogP) is 3.71. The number of fused-ring (bicyclic) bond motifs is 2. The van der Waals surface area contributed by atoms with Crippen molar-refractivity contribution in [3.05, 3.63) is 35.7 Å². The van der Waals surface area contributed by atoms with Gasteiger partial charge in [0, 0.05) is 47.8 Å². The van der Waals surface area contributed by atoms with Crippen LogP contribution in [-0.2, 0) is 17.8 Å². The fourth-order valence-corrected chi connectivity index (χ4v) is 4.73. The normalized spacial score (nSPS) is 20.2. The van der Waals surface area contributed by atoms with Gasteiger partial charge in [0.2, 0.25) is 5.91 Å². The Morgan fingerprint density at radius 3 is 2.89 bits per heavy atom. The number of carbonyl (C=O) groups is 1. The van der Waals surface area contributed by atoms with Crippen LogP contribution in [-0.4, -0.2) is 30.6 Å². The van der Waals surface area contributed by atoms with E-state index in [2.05, 4.69) is 25.1 Å². The number of H-pyrrole nitrogens is 1. The van der Waals surface area contributed by atoms with Crippen LogP contribution < -0.4 is 5.32 Å². The number of hydrogen-bond acceptors (Lipinski definition) is 4. The van der Waals surface area contributed by atoms with Crippen molar-refractivity contribution in [3.8, 4) is 0 Å². The molecule has 0 bridgehead atoms. The van der Waals surface area contributed by atoms with Gasteiger partial charge in [-0.25, -0.2) is 9.97 Å². The summed E-state index contributed by atoms with van der Waals surface area (Å²) < 4.78 is 2.38. The third-order valence-corrected chi connectivity index (χ3v) is 6.33. The average molecular weight is 378 g/mol. The van der Waals surface area contributed by atoms with Gasteiger partial charge < -0.3 is 9.88 Å². The monoisotopic (exact) mass is 378 g/mol. The standard InChI is InChI=1S/C21H26N6O/c1-13-18-10-16(11-22-19(18)26-25-13)24-21(28)15-7-8-27-17(9-15)12-23-20(27)14-5-3-2-4-6-14/h10-12,14-15H,2-9H2,1H3,(H,24,28)(H,22,25,26)/t15-/m1/s1. The molecular weight excluding hydrogens is 352 g/mol. The Balaban J connectivity index is 1.29. The third kappa shape index (κ3) is 3.08. The van der Waals surface area contributed by atoms with Gasteiger partial charge in [0.1, 0.15) is 5.82 Å². The molecule has 7 nitrogen and oxygen atoms in total. The average Bonchev–Trinajstić information content (AvgIpc) is 3.32. The molecule has 0 aromatic carbocycles. The molecule has 1 saturated carbocycles. The Morgan fingerprint density at radius 2 is 2.04 bits per heavy atom. The molecule has 1 atom stereocenters. The molecule has 28 heavy (non-hydrogen) atoms. The molecule has 0 spiro atoms. The number of nitrogens with zero attached hydrogens (tertiary/aromatic N) is 4. The van der Waals surface area contributed by atoms with Crippen molar-refractivity contribution >= 4 is 22.6 Å². The zero-order valence-electron chi connectivity index (χ0n) is 16.2. The first-order valence-corrected chi connectivity index (χ1v) is 10.3. The topological polar surface area (TPSA) is 88.5 Å². The van der Waals surface area contributed by atoms with Crippen molar-refractivity contribution in [3.63, 3.8) is 0 Å². The number of aryl methyl sites for hydroxylation is 1. The van der Waals surface area contributed by atoms with Gasteiger partial charge in [0.15, 0.2) is 5.65 Å². The Kier molecular flexibility index (Phi) is 4.37. The molecule has 3 aromatic heterocycles. The van der Waals surface area contributed by atoms with Crippen molar-refractivity contribution in [2.45, 2.75) is 64.3 Å². The van der Waals surface area contributed by atoms with Crippen molar-refractivity contribution in [1.82, 2.24) is 24.7 Å². The minimum atomic E-state index is -0.0236. The highest BCUT2D eigenvalue weighted by Crippen LogP contribution is 2.34. The summed E-state index contributed by atoms with van der Waals surface area (Å²) in [5.41, 5.74) is 3.55. The summed E-state index contributed by atoms with van der Waals surface area (Å²) in [6, 6.07) is 1.94. The summed E-state index contributed by atoms with van der Waals surface area (Å²) in [6.45, 7) is 2.84. The molecule has 1 amide bonds. The van der Waals surface area contributed by atoms with Crippen LogP contribution >= 0.6 is 0 Å². The van der Waals surface area contributed by atoms with E-state index in [9.17, 15) is 4.79 Å². The first-order valence-electron chi connectivity index (χ1n) is 10.3. The van der Waals surface area contributed by atoms with Crippen LogP contribution in [0.4, 0.5) is 5.69 Å². The van der Waals surface area contributed by atoms with Crippen LogP contribution in [0.2, 0.25) is 0 Å². The molecule has 2 N–H and O–H groups in total. The van der Waals surface area contributed by atoms with Crippen LogP contribution in [0, 0.1) is 12.8 Å². The van der Waals surface area contributed by atoms with Gasteiger partial charge >= 0.3 is 0 Å². The lowest BCUT2D eigenvalue weighted by Gasteiger charge is -2.27. The van der Waals surface area contributed by atoms with Crippen LogP contribution in [0.3, 0.4) is 0 Å². The maximum Gasteiger partial charge on any atom is 0.227 e. The van der Waals surface area contributed by atoms with E-state index in [0.717, 1.165) is 36.2 Å². The Hall–Kier alpha value is -2.70. The van der Waals surface area contributed by atoms with Gasteiger partial charge in [0.25, 0.3) is 0 Å². The molecule has 4 heterocycles. The van der Waals surface area contributed by atoms with E-state index in [0.29, 0.717) is 11.6 Å². The number of imidazole rings is 1. The largest absolute Gasteiger partial charge is 0.332 e. The Labute approximate surface area is 164 Å². The first-order chi connectivity index (χ1) is 13.7. The fourth-order valence-electron chi connectivity index (χ4n) is 4.73. The Bertz CT molecular complexity index is 1010. The summed E-state index contributed by atoms with van der Waals surface area (Å²) in [4.78, 5) is 21.9. The lowest BCUT2D eigenvalue weighted by Crippen LogP contribution is -2.31. The Morgan fingerprint density at radius 1 is 1.18 bits per heavy atom. The summed E-state index contributed by atoms with van der Waals surface area (Å²) in [6.07, 6.45) is 11.8. The van der Waals surface area contributed by atoms with E-state index in [1.165, 1.54) is 43.6 Å². The molecule has 0 saturated heterocycles. The molecule has 1 aliphatic heterocycles. The summed E-state index contributed by atoms with van der Waals surface area (Å²) in [5, 5.41) is 11.1. The molecule has 1 aliphatic carbocycles. The lowest BCUT2D eigenvalue weighted by atomic mass is 9.88. The number of anilines is 1. The van der Waals surface area contributed by atoms with Gasteiger partial charge in [-0.2, -0.15) is 5.10 Å². The lowest BCUT2D eigenvalue weighted by molar-refractivity contribution is -0.120. The van der Waals surface area contributed by atoms with E-state index < -0.39 is 0 Å². The van der Waals surface area contributed by atoms with Crippen LogP contribution in [0.25, 0.3) is 11.0 Å². The summed E-state index contributed by atoms with van der Waals surface area (Å²) in [7, 11) is 0. The molecule has 0 unspecified atom stereocenters. The highest BCUT2D eigenvalue weighted by molar-refractivity contribution is 5.94. The van der Waals surface area contributed by atoms with Crippen LogP contribution in [0.15, 0.2) is 18.5 Å². The van der Waals surface area contributed by atoms with Crippen molar-refractivity contribution in [1.29, 1.82) is 0 Å². The fraction of sp³-hybridized carbons (Fsp3) is 0.524. The van der Waals surface area contributed by atoms with Gasteiger partial charge in [0.05, 0.1) is 11.9 Å². The SMILES string of the molecule is Cc1[nH]nc2ncc(NC(=O)[C@@H]3CCn4c(cnc4C4CCCCC4)C3)cc12. The minimum Gasteiger partial charge on any atom is -0.332 e. The zero-order chi connectivity index (χ0) is 19.1. The second-order valence-corrected chi connectivity index (χ2v) is 8.22. The van der Waals surface area contributed by atoms with Gasteiger partial charge in [-0.15, -0.1) is 0 Å². The zero-order valence-corrected chi connectivity index (χ0v) is 16.2. The summed E-state index contributed by atoms with van der Waals surface area (Å²) >= 11 is 0. The second-order valence-electron chi connectivity index (χ2n) is 8.22. The number of pyridine rings is 1. The predicted molar refractivity (Wildman–Crippen MR) is 107 cm³/mol. The number of aromatic amines is 1. The van der Waals surface area contributed by atoms with Crippen molar-refractivity contribution < 1.29 is 4.79 Å². The van der Waals surface area contributed by atoms with E-state index in [4.69, 9.17) is 4.98 Å². The number of carbonyl (C=O) groups excluding carboxylic acids is 1. The molecule has 146 valence electrons. The highest BCUT2D eigenvalue weighted by atomic mass is 16.1. The number of rotatable bonds is 3. The smallest absolute Gasteiger partial charge is 0.227 e. The quantitative estimate of drug-likeness (QED) is 0.727. The number of hydrogen-bond donors (Lipinski definition) is 2. The molecule has 2 aliphatic rings. The van der Waals surface area contributed by atoms with Crippen LogP contribution in [0.1, 0.15) is 61.7 Å². The summed E-state index contributed by atoms with van der Waals surface area (Å²) in [5.74, 6) is 1.89. The van der Waals surface area contributed by atoms with Gasteiger partial charge in [-0.05, 0) is 32.3 Å². The number of amides is 1. The van der Waals surface area contributed by atoms with E-state index in [1.807, 2.05) is 19.2 Å². The van der Waals surface area contributed by atoms with E-state index >= 15 is 0 Å². The molecule has 0 radical (unpaired) electrons. The molecule has 5 rings (SSSR count). The van der Waals surface area contributed by atoms with Crippen molar-refractivity contribution in [2.75, 3.05) is 5.32 Å². The van der Waals surface area contributed by atoms with Gasteiger partial charge in [-0.1, -0.05) is 19.3 Å². The second kappa shape index (κ2) is 7.04. The number of nitrogens with one attached hydrogen (secondary N) is 2. The molecule has 7 heteroatoms. The molecular formula is C21H26N6O. The van der Waals surface area contributed by atoms with Crippen LogP contribution in [0.5, 0.6) is 0 Å². The highest BCUT2D eigenvalue weighted by Gasteiger charge is 2.29. The van der Waals surface area contributed by atoms with Gasteiger partial charge in [-0.3, -0.25) is 9.89 Å². The van der Waals surface area contributed by atoms with Crippen molar-refractivity contribution in [2.24, 2.45) is 5.92 Å². The van der Waals surface area contributed by atoms with E-state index in [-0.39, 0.29) is 11.8 Å². The minimum absolute atomic E-state index is 0.0236. The third-order valence-electron chi connectivity index (χ3n) is 6.33. The molecule has 3 aromatic rings.